The van der Waals surface area contributed by atoms with Gasteiger partial charge in [-0.2, -0.15) is 26.3 Å². The minimum atomic E-state index is -4.61. The Kier molecular flexibility index (Phi) is 16.1. The van der Waals surface area contributed by atoms with Gasteiger partial charge < -0.3 is 40.9 Å². The summed E-state index contributed by atoms with van der Waals surface area (Å²) in [6.45, 7) is 10.5. The molecule has 8 heterocycles. The first-order valence-electron chi connectivity index (χ1n) is 25.6. The Morgan fingerprint density at radius 3 is 1.21 bits per heavy atom. The van der Waals surface area contributed by atoms with E-state index in [9.17, 15) is 45.5 Å². The molecule has 4 fully saturated rings. The molecule has 2 aromatic carbocycles. The van der Waals surface area contributed by atoms with Crippen molar-refractivity contribution in [1.29, 1.82) is 0 Å². The lowest BCUT2D eigenvalue weighted by molar-refractivity contribution is -0.157. The Bertz CT molecular complexity index is 2580. The van der Waals surface area contributed by atoms with Crippen molar-refractivity contribution in [2.75, 3.05) is 59.7 Å². The second-order valence-electron chi connectivity index (χ2n) is 21.0. The molecule has 0 aliphatic carbocycles. The predicted octanol–water partition coefficient (Wildman–Crippen LogP) is 8.16. The molecular formula is C52H60Cl2F6N12O4. The van der Waals surface area contributed by atoms with E-state index < -0.39 is 60.7 Å². The van der Waals surface area contributed by atoms with Gasteiger partial charge in [0, 0.05) is 98.4 Å². The van der Waals surface area contributed by atoms with Gasteiger partial charge in [0.05, 0.1) is 34.8 Å². The largest absolute Gasteiger partial charge is 0.396 e. The van der Waals surface area contributed by atoms with E-state index >= 15 is 0 Å². The number of fused-ring (bicyclic) bond motifs is 6. The highest BCUT2D eigenvalue weighted by atomic mass is 35.5. The van der Waals surface area contributed by atoms with E-state index in [4.69, 9.17) is 23.2 Å². The fraction of sp³-hybridized carbons (Fsp3) is 0.538. The zero-order valence-corrected chi connectivity index (χ0v) is 43.8. The number of aromatic nitrogens is 4. The van der Waals surface area contributed by atoms with Gasteiger partial charge in [0.25, 0.3) is 0 Å². The summed E-state index contributed by atoms with van der Waals surface area (Å²) < 4.78 is 84.0. The highest BCUT2D eigenvalue weighted by molar-refractivity contribution is 6.30. The van der Waals surface area contributed by atoms with E-state index in [1.54, 1.807) is 24.3 Å². The molecule has 4 unspecified atom stereocenters. The van der Waals surface area contributed by atoms with Crippen LogP contribution in [-0.2, 0) is 19.2 Å². The minimum absolute atomic E-state index is 0.0258. The van der Waals surface area contributed by atoms with Gasteiger partial charge in [-0.15, -0.1) is 0 Å². The first kappa shape index (κ1) is 54.9. The van der Waals surface area contributed by atoms with E-state index in [0.717, 1.165) is 36.8 Å². The molecule has 4 saturated heterocycles. The summed E-state index contributed by atoms with van der Waals surface area (Å²) in [4.78, 5) is 75.6. The Morgan fingerprint density at radius 1 is 0.579 bits per heavy atom. The van der Waals surface area contributed by atoms with Crippen molar-refractivity contribution in [2.45, 2.75) is 138 Å². The second kappa shape index (κ2) is 22.3. The molecule has 10 rings (SSSR count). The Labute approximate surface area is 446 Å². The van der Waals surface area contributed by atoms with Gasteiger partial charge in [0.15, 0.2) is 0 Å². The average Bonchev–Trinajstić information content (AvgIpc) is 3.80. The molecule has 16 nitrogen and oxygen atoms in total. The number of alkyl halides is 6. The van der Waals surface area contributed by atoms with Crippen molar-refractivity contribution in [3.63, 3.8) is 0 Å². The van der Waals surface area contributed by atoms with Crippen LogP contribution < -0.4 is 31.1 Å². The SMILES string of the molecule is CC(C)NC[C@@H](C(=O)N1CC2CCC(C1)N2c1ncnc2c1[C@@H](C(F)(F)F)CC(=O)N2)c1ccc(Cl)cc1.CC(C)NC[C@@H](C(=O)N1CC2CCC(C1)N2c1ncnc2c1[C@H](C(F)(F)F)CC(=O)N2)c1ccc(Cl)cc1. The molecule has 4 bridgehead atoms. The van der Waals surface area contributed by atoms with Crippen LogP contribution in [0.2, 0.25) is 10.0 Å². The van der Waals surface area contributed by atoms with Crippen LogP contribution in [0.4, 0.5) is 49.6 Å². The number of nitrogens with one attached hydrogen (secondary N) is 4. The maximum atomic E-state index is 14.0. The third-order valence-electron chi connectivity index (χ3n) is 15.2. The van der Waals surface area contributed by atoms with E-state index in [0.29, 0.717) is 49.3 Å². The summed E-state index contributed by atoms with van der Waals surface area (Å²) in [5.74, 6) is -6.05. The number of nitrogens with zero attached hydrogens (tertiary/aromatic N) is 8. The molecule has 2 aromatic heterocycles. The number of anilines is 4. The fourth-order valence-electron chi connectivity index (χ4n) is 11.6. The van der Waals surface area contributed by atoms with Crippen molar-refractivity contribution >= 4 is 70.1 Å². The normalized spacial score (nSPS) is 23.9. The van der Waals surface area contributed by atoms with Crippen LogP contribution in [-0.4, -0.2) is 141 Å². The van der Waals surface area contributed by atoms with E-state index in [1.807, 2.05) is 71.6 Å². The van der Waals surface area contributed by atoms with Crippen LogP contribution in [0.3, 0.4) is 0 Å². The van der Waals surface area contributed by atoms with Gasteiger partial charge in [0.2, 0.25) is 23.6 Å². The number of carbonyl (C=O) groups excluding carboxylic acids is 4. The number of carbonyl (C=O) groups is 4. The minimum Gasteiger partial charge on any atom is -0.347 e. The first-order valence-corrected chi connectivity index (χ1v) is 26.4. The van der Waals surface area contributed by atoms with Crippen molar-refractivity contribution in [3.05, 3.63) is 93.5 Å². The molecule has 6 aliphatic rings. The summed E-state index contributed by atoms with van der Waals surface area (Å²) in [5, 5.41) is 12.9. The molecular weight excluding hydrogens is 1040 g/mol. The van der Waals surface area contributed by atoms with Crippen LogP contribution in [0.15, 0.2) is 61.2 Å². The molecule has 0 saturated carbocycles. The molecule has 0 radical (unpaired) electrons. The van der Waals surface area contributed by atoms with Gasteiger partial charge in [-0.3, -0.25) is 19.2 Å². The molecule has 4 N–H and O–H groups in total. The maximum absolute atomic E-state index is 14.0. The van der Waals surface area contributed by atoms with Gasteiger partial charge in [-0.25, -0.2) is 19.9 Å². The zero-order chi connectivity index (χ0) is 54.4. The highest BCUT2D eigenvalue weighted by Crippen LogP contribution is 2.50. The standard InChI is InChI=1S/2C26H30ClF3N6O2/c2*1-14(2)31-10-19(15-3-5-16(27)6-4-15)25(38)35-11-17-7-8-18(12-35)36(17)24-22-20(26(28,29)30)9-21(37)34-23(22)32-13-33-24/h2*3-6,13-14,17-20,31H,7-12H2,1-2H3,(H,32,33,34,37)/t17?,18?,19-,20+;17?,18?,19-,20-/m11/s1. The summed E-state index contributed by atoms with van der Waals surface area (Å²) in [6, 6.07) is 14.1. The third kappa shape index (κ3) is 11.7. The molecule has 24 heteroatoms. The van der Waals surface area contributed by atoms with Crippen LogP contribution in [0, 0.1) is 0 Å². The monoisotopic (exact) mass is 1100 g/mol. The van der Waals surface area contributed by atoms with E-state index in [-0.39, 0.29) is 82.5 Å². The number of rotatable bonds is 12. The Morgan fingerprint density at radius 2 is 0.908 bits per heavy atom. The van der Waals surface area contributed by atoms with Gasteiger partial charge in [-0.05, 0) is 61.1 Å². The summed E-state index contributed by atoms with van der Waals surface area (Å²) in [7, 11) is 0. The first-order chi connectivity index (χ1) is 36.0. The van der Waals surface area contributed by atoms with Crippen molar-refractivity contribution in [3.8, 4) is 0 Å². The zero-order valence-electron chi connectivity index (χ0n) is 42.3. The van der Waals surface area contributed by atoms with Gasteiger partial charge in [-0.1, -0.05) is 75.2 Å². The lowest BCUT2D eigenvalue weighted by atomic mass is 9.91. The summed E-state index contributed by atoms with van der Waals surface area (Å²) >= 11 is 12.1. The number of likely N-dealkylation sites (tertiary alicyclic amines) is 2. The number of benzene rings is 2. The van der Waals surface area contributed by atoms with E-state index in [1.165, 1.54) is 12.7 Å². The maximum Gasteiger partial charge on any atom is 0.396 e. The molecule has 8 atom stereocenters. The van der Waals surface area contributed by atoms with Crippen LogP contribution in [0.5, 0.6) is 0 Å². The van der Waals surface area contributed by atoms with Crippen molar-refractivity contribution in [2.24, 2.45) is 0 Å². The Balaban J connectivity index is 0.000000186. The molecule has 0 spiro atoms. The lowest BCUT2D eigenvalue weighted by Crippen LogP contribution is -2.57. The summed E-state index contributed by atoms with van der Waals surface area (Å²) in [6.07, 6.45) is -5.32. The Hall–Kier alpha value is -5.84. The van der Waals surface area contributed by atoms with Crippen molar-refractivity contribution in [1.82, 2.24) is 40.4 Å². The molecule has 4 aromatic rings. The lowest BCUT2D eigenvalue weighted by Gasteiger charge is -2.44. The average molecular weight is 1100 g/mol. The topological polar surface area (TPSA) is 181 Å². The number of hydrogen-bond acceptors (Lipinski definition) is 12. The fourth-order valence-corrected chi connectivity index (χ4v) is 11.9. The number of piperazine rings is 2. The van der Waals surface area contributed by atoms with Crippen LogP contribution in [0.1, 0.15) is 112 Å². The van der Waals surface area contributed by atoms with Gasteiger partial charge in [0.1, 0.15) is 35.9 Å². The molecule has 4 amide bonds. The smallest absolute Gasteiger partial charge is 0.347 e. The van der Waals surface area contributed by atoms with Crippen molar-refractivity contribution < 1.29 is 45.5 Å². The van der Waals surface area contributed by atoms with Crippen LogP contribution >= 0.6 is 23.2 Å². The van der Waals surface area contributed by atoms with E-state index in [2.05, 4.69) is 41.2 Å². The number of amides is 4. The number of halogens is 8. The quantitative estimate of drug-likeness (QED) is 0.100. The predicted molar refractivity (Wildman–Crippen MR) is 275 cm³/mol. The second-order valence-corrected chi connectivity index (χ2v) is 21.9. The highest BCUT2D eigenvalue weighted by Gasteiger charge is 2.53. The summed E-state index contributed by atoms with van der Waals surface area (Å²) in [5.41, 5.74) is 1.54. The number of hydrogen-bond donors (Lipinski definition) is 4. The molecule has 76 heavy (non-hydrogen) atoms. The third-order valence-corrected chi connectivity index (χ3v) is 15.7. The van der Waals surface area contributed by atoms with Gasteiger partial charge >= 0.3 is 12.4 Å². The molecule has 408 valence electrons. The van der Waals surface area contributed by atoms with Crippen LogP contribution in [0.25, 0.3) is 0 Å². The molecule has 6 aliphatic heterocycles.